The minimum atomic E-state index is -2.08. The van der Waals surface area contributed by atoms with Gasteiger partial charge in [0.25, 0.3) is 0 Å². The average Bonchev–Trinajstić information content (AvgIpc) is 1.69. The van der Waals surface area contributed by atoms with Crippen molar-refractivity contribution in [1.82, 2.24) is 0 Å². The van der Waals surface area contributed by atoms with E-state index in [9.17, 15) is 0 Å². The van der Waals surface area contributed by atoms with Crippen LogP contribution in [0.2, 0.25) is 0 Å². The Labute approximate surface area is 48.5 Å². The molecular formula is C2H6O4Os. The molecule has 7 heavy (non-hydrogen) atoms. The fourth-order valence-electron chi connectivity index (χ4n) is 0. The third-order valence-electron chi connectivity index (χ3n) is 0.1000. The first-order valence-corrected chi connectivity index (χ1v) is 3.50. The van der Waals surface area contributed by atoms with Crippen LogP contribution in [0.15, 0.2) is 0 Å². The number of hydrogen-bond donors (Lipinski definition) is 2. The Kier molecular flexibility index (Phi) is 23.9. The maximum atomic E-state index is 8.51. The zero-order valence-corrected chi connectivity index (χ0v) is 6.02. The van der Waals surface area contributed by atoms with Gasteiger partial charge in [-0.3, -0.25) is 0 Å². The third-order valence-corrected chi connectivity index (χ3v) is 0.1000. The van der Waals surface area contributed by atoms with Crippen molar-refractivity contribution in [1.29, 1.82) is 0 Å². The van der Waals surface area contributed by atoms with Crippen LogP contribution in [-0.4, -0.2) is 23.4 Å². The first kappa shape index (κ1) is 10.2. The number of aliphatic hydroxyl groups is 2. The molecule has 0 saturated carbocycles. The van der Waals surface area contributed by atoms with Gasteiger partial charge in [-0.05, 0) is 0 Å². The van der Waals surface area contributed by atoms with Crippen molar-refractivity contribution < 1.29 is 34.6 Å². The van der Waals surface area contributed by atoms with Gasteiger partial charge in [0.15, 0.2) is 0 Å². The standard InChI is InChI=1S/C2H6O2.2O.Os/c3-1-2-4;;;/h3-4H,1-2H2;;;. The van der Waals surface area contributed by atoms with Crippen molar-refractivity contribution in [2.45, 2.75) is 0 Å². The molecule has 0 fully saturated rings. The van der Waals surface area contributed by atoms with Crippen LogP contribution in [0.5, 0.6) is 0 Å². The Hall–Kier alpha value is 0.156. The monoisotopic (exact) mass is 286 g/mol. The molecule has 0 saturated heterocycles. The molecule has 0 aromatic carbocycles. The van der Waals surface area contributed by atoms with E-state index in [1.165, 1.54) is 0 Å². The summed E-state index contributed by atoms with van der Waals surface area (Å²) in [5.41, 5.74) is 0. The molecule has 2 N–H and O–H groups in total. The van der Waals surface area contributed by atoms with Gasteiger partial charge in [-0.15, -0.1) is 0 Å². The van der Waals surface area contributed by atoms with Crippen molar-refractivity contribution in [2.75, 3.05) is 13.2 Å². The summed E-state index contributed by atoms with van der Waals surface area (Å²) in [7, 11) is 0. The van der Waals surface area contributed by atoms with E-state index in [-0.39, 0.29) is 13.2 Å². The van der Waals surface area contributed by atoms with Crippen molar-refractivity contribution >= 4 is 0 Å². The first-order valence-electron chi connectivity index (χ1n) is 1.42. The van der Waals surface area contributed by atoms with Gasteiger partial charge in [0.05, 0.1) is 13.2 Å². The Morgan fingerprint density at radius 1 is 1.14 bits per heavy atom. The predicted octanol–water partition coefficient (Wildman–Crippen LogP) is -1.27. The molecular weight excluding hydrogens is 278 g/mol. The van der Waals surface area contributed by atoms with E-state index in [1.54, 1.807) is 0 Å². The number of rotatable bonds is 1. The van der Waals surface area contributed by atoms with Gasteiger partial charge in [0.1, 0.15) is 0 Å². The van der Waals surface area contributed by atoms with E-state index in [4.69, 9.17) is 17.3 Å². The summed E-state index contributed by atoms with van der Waals surface area (Å²) in [6.45, 7) is -0.250. The molecule has 46 valence electrons. The van der Waals surface area contributed by atoms with Crippen LogP contribution in [0.25, 0.3) is 0 Å². The van der Waals surface area contributed by atoms with Crippen molar-refractivity contribution in [3.05, 3.63) is 0 Å². The molecule has 0 rings (SSSR count). The minimum absolute atomic E-state index is 0.125. The Morgan fingerprint density at radius 3 is 1.29 bits per heavy atom. The van der Waals surface area contributed by atoms with Crippen LogP contribution in [0.3, 0.4) is 0 Å². The van der Waals surface area contributed by atoms with Crippen LogP contribution >= 0.6 is 0 Å². The van der Waals surface area contributed by atoms with E-state index in [0.717, 1.165) is 0 Å². The van der Waals surface area contributed by atoms with Gasteiger partial charge in [0.2, 0.25) is 0 Å². The van der Waals surface area contributed by atoms with Gasteiger partial charge in [-0.25, -0.2) is 0 Å². The SMILES string of the molecule is OCCO.[O]=[Os]=[O]. The van der Waals surface area contributed by atoms with Crippen LogP contribution in [-0.2, 0) is 24.4 Å². The number of hydrogen-bond acceptors (Lipinski definition) is 4. The maximum absolute atomic E-state index is 8.51. The molecule has 0 aliphatic carbocycles. The molecule has 5 heteroatoms. The van der Waals surface area contributed by atoms with Crippen LogP contribution < -0.4 is 0 Å². The predicted molar refractivity (Wildman–Crippen MR) is 15.5 cm³/mol. The van der Waals surface area contributed by atoms with Crippen molar-refractivity contribution in [2.24, 2.45) is 0 Å². The number of aliphatic hydroxyl groups excluding tert-OH is 2. The van der Waals surface area contributed by atoms with E-state index in [1.807, 2.05) is 0 Å². The van der Waals surface area contributed by atoms with Gasteiger partial charge in [0, 0.05) is 0 Å². The molecule has 0 atom stereocenters. The second-order valence-electron chi connectivity index (χ2n) is 0.506. The molecule has 0 aliphatic rings. The Morgan fingerprint density at radius 2 is 1.29 bits per heavy atom. The zero-order chi connectivity index (χ0) is 6.12. The van der Waals surface area contributed by atoms with Gasteiger partial charge in [-0.2, -0.15) is 0 Å². The Balaban J connectivity index is 0. The summed E-state index contributed by atoms with van der Waals surface area (Å²) in [6, 6.07) is 0. The zero-order valence-electron chi connectivity index (χ0n) is 3.48. The van der Waals surface area contributed by atoms with Gasteiger partial charge in [-0.1, -0.05) is 0 Å². The van der Waals surface area contributed by atoms with Crippen LogP contribution in [0.1, 0.15) is 0 Å². The molecule has 4 nitrogen and oxygen atoms in total. The summed E-state index contributed by atoms with van der Waals surface area (Å²) in [6.07, 6.45) is 0. The Bertz CT molecular complexity index is 45.7. The quantitative estimate of drug-likeness (QED) is 0.630. The van der Waals surface area contributed by atoms with E-state index in [0.29, 0.717) is 0 Å². The van der Waals surface area contributed by atoms with E-state index in [2.05, 4.69) is 0 Å². The fourth-order valence-corrected chi connectivity index (χ4v) is 0. The molecule has 0 aliphatic heterocycles. The molecule has 0 spiro atoms. The molecule has 0 unspecified atom stereocenters. The first-order chi connectivity index (χ1) is 3.33. The average molecular weight is 284 g/mol. The summed E-state index contributed by atoms with van der Waals surface area (Å²) in [4.78, 5) is 0. The molecule has 0 heterocycles. The summed E-state index contributed by atoms with van der Waals surface area (Å²) >= 11 is -2.08. The summed E-state index contributed by atoms with van der Waals surface area (Å²) in [5, 5.41) is 15.2. The van der Waals surface area contributed by atoms with E-state index < -0.39 is 17.3 Å². The van der Waals surface area contributed by atoms with Gasteiger partial charge < -0.3 is 10.2 Å². The molecule has 0 aromatic rings. The second-order valence-corrected chi connectivity index (χ2v) is 0.930. The molecule has 0 aromatic heterocycles. The van der Waals surface area contributed by atoms with Gasteiger partial charge >= 0.3 is 24.4 Å². The van der Waals surface area contributed by atoms with E-state index >= 15 is 0 Å². The fraction of sp³-hybridized carbons (Fsp3) is 1.00. The van der Waals surface area contributed by atoms with Crippen molar-refractivity contribution in [3.63, 3.8) is 0 Å². The van der Waals surface area contributed by atoms with Crippen molar-refractivity contribution in [3.8, 4) is 0 Å². The normalized spacial score (nSPS) is 6.57. The third kappa shape index (κ3) is 79.5. The summed E-state index contributed by atoms with van der Waals surface area (Å²) < 4.78 is 17.0. The molecule has 0 amide bonds. The second kappa shape index (κ2) is 16.4. The molecule has 0 radical (unpaired) electrons. The molecule has 0 bridgehead atoms. The topological polar surface area (TPSA) is 74.6 Å². The van der Waals surface area contributed by atoms with Crippen LogP contribution in [0.4, 0.5) is 0 Å². The summed E-state index contributed by atoms with van der Waals surface area (Å²) in [5.74, 6) is 0. The van der Waals surface area contributed by atoms with Crippen LogP contribution in [0, 0.1) is 0 Å².